The van der Waals surface area contributed by atoms with E-state index in [2.05, 4.69) is 27.5 Å². The number of rotatable bonds is 4. The molecule has 2 fully saturated rings. The van der Waals surface area contributed by atoms with Gasteiger partial charge in [-0.1, -0.05) is 0 Å². The van der Waals surface area contributed by atoms with Gasteiger partial charge in [-0.15, -0.1) is 37.2 Å². The van der Waals surface area contributed by atoms with Gasteiger partial charge in [0.25, 0.3) is 5.91 Å². The summed E-state index contributed by atoms with van der Waals surface area (Å²) in [6.07, 6.45) is -0.489. The molecular formula is C18H30Cl3FN4O2. The lowest BCUT2D eigenvalue weighted by molar-refractivity contribution is -0.134. The van der Waals surface area contributed by atoms with Crippen molar-refractivity contribution in [2.75, 3.05) is 57.8 Å². The fraction of sp³-hybridized carbons (Fsp3) is 0.611. The molecule has 0 spiro atoms. The van der Waals surface area contributed by atoms with Crippen molar-refractivity contribution in [2.45, 2.75) is 19.1 Å². The van der Waals surface area contributed by atoms with Crippen LogP contribution in [-0.2, 0) is 9.53 Å². The molecule has 3 rings (SSSR count). The van der Waals surface area contributed by atoms with Crippen molar-refractivity contribution < 1.29 is 13.9 Å². The zero-order valence-corrected chi connectivity index (χ0v) is 18.6. The number of carbonyl (C=O) groups is 1. The van der Waals surface area contributed by atoms with Crippen LogP contribution < -0.4 is 15.5 Å². The number of likely N-dealkylation sites (N-methyl/N-ethyl adjacent to an activating group) is 1. The SMILES string of the molecule is CC(NC(=O)C1CNCCO1)c1cc(F)ccc1N1CCN(C)CC1.Cl.Cl.Cl. The summed E-state index contributed by atoms with van der Waals surface area (Å²) in [5.74, 6) is -0.446. The predicted octanol–water partition coefficient (Wildman–Crippen LogP) is 2.01. The summed E-state index contributed by atoms with van der Waals surface area (Å²) in [6, 6.07) is 4.54. The molecule has 2 atom stereocenters. The molecule has 0 aromatic heterocycles. The van der Waals surface area contributed by atoms with Crippen LogP contribution >= 0.6 is 37.2 Å². The molecule has 2 heterocycles. The minimum absolute atomic E-state index is 0. The van der Waals surface area contributed by atoms with Crippen LogP contribution in [0.2, 0.25) is 0 Å². The molecule has 2 aliphatic heterocycles. The van der Waals surface area contributed by atoms with Crippen molar-refractivity contribution in [2.24, 2.45) is 0 Å². The smallest absolute Gasteiger partial charge is 0.250 e. The maximum absolute atomic E-state index is 13.9. The molecule has 2 N–H and O–H groups in total. The molecule has 2 aliphatic rings. The number of hydrogen-bond acceptors (Lipinski definition) is 5. The van der Waals surface area contributed by atoms with Gasteiger partial charge in [0.15, 0.2) is 0 Å². The molecule has 1 aromatic rings. The second kappa shape index (κ2) is 12.7. The van der Waals surface area contributed by atoms with E-state index in [1.165, 1.54) is 12.1 Å². The maximum atomic E-state index is 13.9. The maximum Gasteiger partial charge on any atom is 0.250 e. The number of morpholine rings is 1. The van der Waals surface area contributed by atoms with Gasteiger partial charge in [0.1, 0.15) is 11.9 Å². The largest absolute Gasteiger partial charge is 0.369 e. The first-order valence-electron chi connectivity index (χ1n) is 8.90. The molecular weight excluding hydrogens is 430 g/mol. The van der Waals surface area contributed by atoms with Crippen molar-refractivity contribution in [3.63, 3.8) is 0 Å². The average Bonchev–Trinajstić information content (AvgIpc) is 2.63. The highest BCUT2D eigenvalue weighted by Gasteiger charge is 2.25. The van der Waals surface area contributed by atoms with Crippen LogP contribution in [-0.4, -0.2) is 69.8 Å². The standard InChI is InChI=1S/C18H27FN4O2.3ClH/c1-13(21-18(24)17-12-20-5-10-25-17)15-11-14(19)3-4-16(15)23-8-6-22(2)7-9-23;;;/h3-4,11,13,17,20H,5-10,12H2,1-2H3,(H,21,24);3*1H. The van der Waals surface area contributed by atoms with Crippen molar-refractivity contribution in [3.05, 3.63) is 29.6 Å². The van der Waals surface area contributed by atoms with E-state index in [0.29, 0.717) is 13.2 Å². The van der Waals surface area contributed by atoms with E-state index in [-0.39, 0.29) is 55.0 Å². The highest BCUT2D eigenvalue weighted by Crippen LogP contribution is 2.28. The number of amides is 1. The molecule has 1 aromatic carbocycles. The third kappa shape index (κ3) is 6.90. The minimum atomic E-state index is -0.489. The third-order valence-corrected chi connectivity index (χ3v) is 4.88. The van der Waals surface area contributed by atoms with E-state index in [4.69, 9.17) is 4.74 Å². The zero-order chi connectivity index (χ0) is 17.8. The van der Waals surface area contributed by atoms with Crippen LogP contribution in [0.15, 0.2) is 18.2 Å². The van der Waals surface area contributed by atoms with Gasteiger partial charge >= 0.3 is 0 Å². The molecule has 10 heteroatoms. The number of nitrogens with zero attached hydrogens (tertiary/aromatic N) is 2. The number of piperazine rings is 1. The van der Waals surface area contributed by atoms with Crippen LogP contribution in [0.4, 0.5) is 10.1 Å². The Kier molecular flexibility index (Phi) is 12.3. The molecule has 0 radical (unpaired) electrons. The number of halogens is 4. The lowest BCUT2D eigenvalue weighted by Gasteiger charge is -2.36. The molecule has 0 bridgehead atoms. The Morgan fingerprint density at radius 2 is 1.93 bits per heavy atom. The number of benzene rings is 1. The number of nitrogens with one attached hydrogen (secondary N) is 2. The summed E-state index contributed by atoms with van der Waals surface area (Å²) in [5.41, 5.74) is 1.80. The lowest BCUT2D eigenvalue weighted by atomic mass is 10.0. The molecule has 2 saturated heterocycles. The average molecular weight is 460 g/mol. The number of carbonyl (C=O) groups excluding carboxylic acids is 1. The van der Waals surface area contributed by atoms with Crippen molar-refractivity contribution >= 4 is 48.8 Å². The summed E-state index contributed by atoms with van der Waals surface area (Å²) in [7, 11) is 2.10. The Labute approximate surface area is 184 Å². The molecule has 1 amide bonds. The van der Waals surface area contributed by atoms with Crippen molar-refractivity contribution in [1.29, 1.82) is 0 Å². The first-order chi connectivity index (χ1) is 12.0. The summed E-state index contributed by atoms with van der Waals surface area (Å²) in [4.78, 5) is 16.9. The van der Waals surface area contributed by atoms with Gasteiger partial charge in [-0.3, -0.25) is 4.79 Å². The van der Waals surface area contributed by atoms with Crippen LogP contribution in [0.25, 0.3) is 0 Å². The van der Waals surface area contributed by atoms with E-state index in [1.807, 2.05) is 13.0 Å². The van der Waals surface area contributed by atoms with Gasteiger partial charge in [0, 0.05) is 50.5 Å². The topological polar surface area (TPSA) is 56.8 Å². The lowest BCUT2D eigenvalue weighted by Crippen LogP contribution is -2.48. The van der Waals surface area contributed by atoms with Crippen molar-refractivity contribution in [1.82, 2.24) is 15.5 Å². The fourth-order valence-corrected chi connectivity index (χ4v) is 3.33. The minimum Gasteiger partial charge on any atom is -0.369 e. The third-order valence-electron chi connectivity index (χ3n) is 4.88. The quantitative estimate of drug-likeness (QED) is 0.721. The van der Waals surface area contributed by atoms with Crippen molar-refractivity contribution in [3.8, 4) is 0 Å². The second-order valence-corrected chi connectivity index (χ2v) is 6.79. The van der Waals surface area contributed by atoms with Gasteiger partial charge in [0.05, 0.1) is 12.6 Å². The van der Waals surface area contributed by atoms with Gasteiger partial charge < -0.3 is 25.2 Å². The molecule has 2 unspecified atom stereocenters. The van der Waals surface area contributed by atoms with Gasteiger partial charge in [-0.05, 0) is 32.2 Å². The van der Waals surface area contributed by atoms with Crippen LogP contribution in [0.3, 0.4) is 0 Å². The van der Waals surface area contributed by atoms with Gasteiger partial charge in [0.2, 0.25) is 0 Å². The predicted molar refractivity (Wildman–Crippen MR) is 117 cm³/mol. The van der Waals surface area contributed by atoms with Crippen LogP contribution in [0.5, 0.6) is 0 Å². The second-order valence-electron chi connectivity index (χ2n) is 6.79. The van der Waals surface area contributed by atoms with Gasteiger partial charge in [-0.2, -0.15) is 0 Å². The Hall–Kier alpha value is -0.830. The molecule has 0 aliphatic carbocycles. The Morgan fingerprint density at radius 3 is 2.54 bits per heavy atom. The van der Waals surface area contributed by atoms with Crippen LogP contribution in [0, 0.1) is 5.82 Å². The molecule has 6 nitrogen and oxygen atoms in total. The normalized spacial score (nSPS) is 20.8. The number of anilines is 1. The summed E-state index contributed by atoms with van der Waals surface area (Å²) in [6.45, 7) is 7.42. The summed E-state index contributed by atoms with van der Waals surface area (Å²) < 4.78 is 19.3. The molecule has 0 saturated carbocycles. The summed E-state index contributed by atoms with van der Waals surface area (Å²) in [5, 5.41) is 6.12. The zero-order valence-electron chi connectivity index (χ0n) is 16.2. The molecule has 162 valence electrons. The Bertz CT molecular complexity index is 612. The first kappa shape index (κ1) is 27.2. The van der Waals surface area contributed by atoms with Crippen LogP contribution in [0.1, 0.15) is 18.5 Å². The summed E-state index contributed by atoms with van der Waals surface area (Å²) >= 11 is 0. The highest BCUT2D eigenvalue weighted by molar-refractivity contribution is 5.86. The Morgan fingerprint density at radius 1 is 1.25 bits per heavy atom. The van der Waals surface area contributed by atoms with E-state index in [1.54, 1.807) is 0 Å². The van der Waals surface area contributed by atoms with E-state index in [0.717, 1.165) is 44.0 Å². The van der Waals surface area contributed by atoms with Gasteiger partial charge in [-0.25, -0.2) is 4.39 Å². The fourth-order valence-electron chi connectivity index (χ4n) is 3.33. The van der Waals surface area contributed by atoms with E-state index >= 15 is 0 Å². The van der Waals surface area contributed by atoms with E-state index < -0.39 is 6.10 Å². The van der Waals surface area contributed by atoms with E-state index in [9.17, 15) is 9.18 Å². The molecule has 28 heavy (non-hydrogen) atoms. The number of hydrogen-bond donors (Lipinski definition) is 2. The first-order valence-corrected chi connectivity index (χ1v) is 8.90. The highest BCUT2D eigenvalue weighted by atomic mass is 35.5. The number of ether oxygens (including phenoxy) is 1. The Balaban J connectivity index is 0.00000243. The monoisotopic (exact) mass is 458 g/mol.